The Hall–Kier alpha value is -1.04. The third-order valence-corrected chi connectivity index (χ3v) is 3.35. The van der Waals surface area contributed by atoms with E-state index in [1.54, 1.807) is 6.07 Å². The van der Waals surface area contributed by atoms with Crippen LogP contribution in [0, 0.1) is 3.57 Å². The van der Waals surface area contributed by atoms with Gasteiger partial charge in [-0.15, -0.1) is 0 Å². The average molecular weight is 358 g/mol. The van der Waals surface area contributed by atoms with Gasteiger partial charge in [0.25, 0.3) is 0 Å². The Morgan fingerprint density at radius 3 is 2.50 bits per heavy atom. The number of benzene rings is 1. The summed E-state index contributed by atoms with van der Waals surface area (Å²) in [6, 6.07) is 5.77. The van der Waals surface area contributed by atoms with Crippen molar-refractivity contribution in [3.63, 3.8) is 0 Å². The van der Waals surface area contributed by atoms with E-state index in [4.69, 9.17) is 9.15 Å². The van der Waals surface area contributed by atoms with Gasteiger partial charge >= 0.3 is 5.97 Å². The maximum absolute atomic E-state index is 11.8. The first-order chi connectivity index (χ1) is 8.32. The fourth-order valence-corrected chi connectivity index (χ4v) is 2.39. The monoisotopic (exact) mass is 358 g/mol. The van der Waals surface area contributed by atoms with Crippen LogP contribution in [-0.2, 0) is 10.2 Å². The van der Waals surface area contributed by atoms with Crippen molar-refractivity contribution in [2.75, 3.05) is 7.11 Å². The highest BCUT2D eigenvalue weighted by molar-refractivity contribution is 14.1. The summed E-state index contributed by atoms with van der Waals surface area (Å²) in [6.07, 6.45) is 0. The zero-order valence-electron chi connectivity index (χ0n) is 10.8. The van der Waals surface area contributed by atoms with Crippen molar-refractivity contribution < 1.29 is 13.9 Å². The van der Waals surface area contributed by atoms with Gasteiger partial charge in [-0.2, -0.15) is 0 Å². The Kier molecular flexibility index (Phi) is 3.40. The van der Waals surface area contributed by atoms with E-state index < -0.39 is 0 Å². The minimum atomic E-state index is -0.367. The Balaban J connectivity index is 2.72. The van der Waals surface area contributed by atoms with Crippen LogP contribution in [-0.4, -0.2) is 13.1 Å². The fraction of sp³-hybridized carbons (Fsp3) is 0.357. The lowest BCUT2D eigenvalue weighted by atomic mass is 9.93. The zero-order chi connectivity index (χ0) is 13.5. The van der Waals surface area contributed by atoms with E-state index in [1.807, 2.05) is 12.1 Å². The highest BCUT2D eigenvalue weighted by Crippen LogP contribution is 2.32. The molecular formula is C14H15IO3. The third-order valence-electron chi connectivity index (χ3n) is 2.73. The number of ether oxygens (including phenoxy) is 1. The van der Waals surface area contributed by atoms with Gasteiger partial charge in [0.1, 0.15) is 16.9 Å². The molecular weight excluding hydrogens is 343 g/mol. The highest BCUT2D eigenvalue weighted by atomic mass is 127. The molecule has 0 amide bonds. The fourth-order valence-electron chi connectivity index (χ4n) is 1.75. The maximum Gasteiger partial charge on any atom is 0.341 e. The Morgan fingerprint density at radius 1 is 1.28 bits per heavy atom. The van der Waals surface area contributed by atoms with E-state index >= 15 is 0 Å². The quantitative estimate of drug-likeness (QED) is 0.569. The number of fused-ring (bicyclic) bond motifs is 1. The highest BCUT2D eigenvalue weighted by Gasteiger charge is 2.22. The second-order valence-electron chi connectivity index (χ2n) is 5.22. The molecule has 1 heterocycles. The molecule has 0 N–H and O–H groups in total. The molecule has 0 aliphatic rings. The molecule has 4 heteroatoms. The van der Waals surface area contributed by atoms with E-state index in [0.29, 0.717) is 11.1 Å². The lowest BCUT2D eigenvalue weighted by Gasteiger charge is -2.13. The molecule has 0 aliphatic carbocycles. The van der Waals surface area contributed by atoms with E-state index in [9.17, 15) is 4.79 Å². The smallest absolute Gasteiger partial charge is 0.341 e. The molecule has 0 atom stereocenters. The van der Waals surface area contributed by atoms with Crippen molar-refractivity contribution in [1.29, 1.82) is 0 Å². The molecule has 0 saturated carbocycles. The summed E-state index contributed by atoms with van der Waals surface area (Å²) in [5.74, 6) is 0.498. The Bertz CT molecular complexity index is 605. The number of carbonyl (C=O) groups excluding carboxylic acids is 1. The molecule has 0 spiro atoms. The summed E-state index contributed by atoms with van der Waals surface area (Å²) >= 11 is 2.18. The topological polar surface area (TPSA) is 39.4 Å². The number of hydrogen-bond acceptors (Lipinski definition) is 3. The van der Waals surface area contributed by atoms with E-state index in [1.165, 1.54) is 7.11 Å². The Morgan fingerprint density at radius 2 is 1.94 bits per heavy atom. The van der Waals surface area contributed by atoms with Gasteiger partial charge in [0.2, 0.25) is 0 Å². The van der Waals surface area contributed by atoms with Crippen LogP contribution in [0.5, 0.6) is 0 Å². The summed E-state index contributed by atoms with van der Waals surface area (Å²) in [4.78, 5) is 11.8. The predicted octanol–water partition coefficient (Wildman–Crippen LogP) is 4.12. The molecule has 1 aromatic heterocycles. The molecule has 0 saturated heterocycles. The minimum absolute atomic E-state index is 0.0855. The molecule has 3 nitrogen and oxygen atoms in total. The molecule has 2 aromatic rings. The molecule has 0 unspecified atom stereocenters. The second-order valence-corrected chi connectivity index (χ2v) is 6.47. The number of carbonyl (C=O) groups is 1. The number of esters is 1. The van der Waals surface area contributed by atoms with Crippen LogP contribution >= 0.6 is 22.6 Å². The van der Waals surface area contributed by atoms with Crippen LogP contribution in [0.15, 0.2) is 22.6 Å². The van der Waals surface area contributed by atoms with Crippen molar-refractivity contribution in [3.8, 4) is 0 Å². The predicted molar refractivity (Wildman–Crippen MR) is 79.0 cm³/mol. The number of hydrogen-bond donors (Lipinski definition) is 0. The van der Waals surface area contributed by atoms with Gasteiger partial charge in [-0.05, 0) is 40.8 Å². The summed E-state index contributed by atoms with van der Waals surface area (Å²) in [5, 5.41) is 0.937. The molecule has 18 heavy (non-hydrogen) atoms. The Labute approximate surface area is 120 Å². The van der Waals surface area contributed by atoms with Gasteiger partial charge in [0, 0.05) is 14.4 Å². The van der Waals surface area contributed by atoms with Gasteiger partial charge in [0.15, 0.2) is 0 Å². The molecule has 2 rings (SSSR count). The van der Waals surface area contributed by atoms with Crippen LogP contribution in [0.3, 0.4) is 0 Å². The molecule has 0 fully saturated rings. The molecule has 0 radical (unpaired) electrons. The summed E-state index contributed by atoms with van der Waals surface area (Å²) < 4.78 is 11.6. The van der Waals surface area contributed by atoms with Crippen molar-refractivity contribution in [3.05, 3.63) is 33.1 Å². The van der Waals surface area contributed by atoms with Gasteiger partial charge in [-0.1, -0.05) is 20.8 Å². The number of methoxy groups -OCH3 is 1. The lowest BCUT2D eigenvalue weighted by Crippen LogP contribution is -2.09. The van der Waals surface area contributed by atoms with Gasteiger partial charge in [-0.25, -0.2) is 4.79 Å². The number of furan rings is 1. The molecule has 96 valence electrons. The maximum atomic E-state index is 11.8. The van der Waals surface area contributed by atoms with Crippen LogP contribution in [0.25, 0.3) is 11.0 Å². The van der Waals surface area contributed by atoms with Crippen LogP contribution in [0.1, 0.15) is 36.9 Å². The van der Waals surface area contributed by atoms with Crippen molar-refractivity contribution in [2.45, 2.75) is 26.2 Å². The van der Waals surface area contributed by atoms with Crippen molar-refractivity contribution in [2.24, 2.45) is 0 Å². The summed E-state index contributed by atoms with van der Waals surface area (Å²) in [5.41, 5.74) is 1.000. The largest absolute Gasteiger partial charge is 0.465 e. The molecule has 0 aliphatic heterocycles. The summed E-state index contributed by atoms with van der Waals surface area (Å²) in [7, 11) is 1.38. The van der Waals surface area contributed by atoms with Crippen molar-refractivity contribution in [1.82, 2.24) is 0 Å². The second kappa shape index (κ2) is 4.57. The van der Waals surface area contributed by atoms with Crippen molar-refractivity contribution >= 4 is 39.5 Å². The number of rotatable bonds is 1. The molecule has 0 bridgehead atoms. The van der Waals surface area contributed by atoms with E-state index in [2.05, 4.69) is 43.4 Å². The zero-order valence-corrected chi connectivity index (χ0v) is 13.0. The number of halogens is 1. The minimum Gasteiger partial charge on any atom is -0.465 e. The van der Waals surface area contributed by atoms with Gasteiger partial charge < -0.3 is 9.15 Å². The van der Waals surface area contributed by atoms with Crippen LogP contribution in [0.4, 0.5) is 0 Å². The van der Waals surface area contributed by atoms with Crippen LogP contribution < -0.4 is 0 Å². The van der Waals surface area contributed by atoms with Gasteiger partial charge in [-0.3, -0.25) is 0 Å². The average Bonchev–Trinajstić information content (AvgIpc) is 2.70. The standard InChI is InChI=1S/C14H15IO3/c1-14(2,3)11-6-8-5-9(15)7-10(12(8)18-11)13(16)17-4/h5-7H,1-4H3. The third kappa shape index (κ3) is 2.39. The van der Waals surface area contributed by atoms with E-state index in [0.717, 1.165) is 14.7 Å². The first-order valence-electron chi connectivity index (χ1n) is 5.65. The summed E-state index contributed by atoms with van der Waals surface area (Å²) in [6.45, 7) is 6.23. The SMILES string of the molecule is COC(=O)c1cc(I)cc2cc(C(C)(C)C)oc12. The van der Waals surface area contributed by atoms with Gasteiger partial charge in [0.05, 0.1) is 7.11 Å². The normalized spacial score (nSPS) is 11.8. The van der Waals surface area contributed by atoms with Crippen LogP contribution in [0.2, 0.25) is 0 Å². The van der Waals surface area contributed by atoms with E-state index in [-0.39, 0.29) is 11.4 Å². The lowest BCUT2D eigenvalue weighted by molar-refractivity contribution is 0.0601. The first-order valence-corrected chi connectivity index (χ1v) is 6.72. The first kappa shape index (κ1) is 13.4. The molecule has 1 aromatic carbocycles.